The molecule has 0 nitrogen and oxygen atoms in total. The van der Waals surface area contributed by atoms with Gasteiger partial charge in [-0.3, -0.25) is 0 Å². The smallest absolute Gasteiger partial charge is 0.00419 e. The van der Waals surface area contributed by atoms with Crippen molar-refractivity contribution in [1.82, 2.24) is 0 Å². The molecule has 0 N–H and O–H groups in total. The largest absolute Gasteiger partial charge is 0.0770 e. The highest BCUT2D eigenvalue weighted by atomic mass is 14.2. The molecular formula is C15H18. The molecular weight excluding hydrogens is 180 g/mol. The van der Waals surface area contributed by atoms with E-state index in [0.29, 0.717) is 5.92 Å². The molecule has 0 amide bonds. The van der Waals surface area contributed by atoms with Gasteiger partial charge in [-0.05, 0) is 43.4 Å². The van der Waals surface area contributed by atoms with E-state index in [0.717, 1.165) is 0 Å². The highest BCUT2D eigenvalue weighted by Crippen LogP contribution is 2.33. The monoisotopic (exact) mass is 198 g/mol. The van der Waals surface area contributed by atoms with Crippen LogP contribution < -0.4 is 0 Å². The standard InChI is InChI=1S/C15H18/c1-10-5-7-15-13(4)11(2)6-8-14(15)12(3)9-10/h5-9,11H,1-4H3. The number of fused-ring (bicyclic) bond motifs is 1. The van der Waals surface area contributed by atoms with Crippen molar-refractivity contribution in [2.24, 2.45) is 5.92 Å². The van der Waals surface area contributed by atoms with Crippen LogP contribution in [-0.2, 0) is 0 Å². The zero-order valence-corrected chi connectivity index (χ0v) is 9.96. The zero-order chi connectivity index (χ0) is 11.0. The Balaban J connectivity index is 2.62. The van der Waals surface area contributed by atoms with E-state index >= 15 is 0 Å². The Bertz CT molecular complexity index is 437. The number of hydrogen-bond acceptors (Lipinski definition) is 0. The minimum Gasteiger partial charge on any atom is -0.0770 e. The summed E-state index contributed by atoms with van der Waals surface area (Å²) < 4.78 is 0. The average molecular weight is 198 g/mol. The molecule has 0 aromatic rings. The van der Waals surface area contributed by atoms with Gasteiger partial charge in [0.05, 0.1) is 0 Å². The fourth-order valence-electron chi connectivity index (χ4n) is 2.18. The second-order valence-electron chi connectivity index (χ2n) is 4.56. The molecule has 0 heteroatoms. The normalized spacial score (nSPS) is 25.3. The van der Waals surface area contributed by atoms with E-state index in [2.05, 4.69) is 58.1 Å². The third kappa shape index (κ3) is 1.77. The van der Waals surface area contributed by atoms with Gasteiger partial charge in [-0.2, -0.15) is 0 Å². The summed E-state index contributed by atoms with van der Waals surface area (Å²) in [5.41, 5.74) is 6.98. The van der Waals surface area contributed by atoms with Gasteiger partial charge in [0.25, 0.3) is 0 Å². The summed E-state index contributed by atoms with van der Waals surface area (Å²) in [5.74, 6) is 0.569. The first-order chi connectivity index (χ1) is 7.09. The first kappa shape index (κ1) is 10.2. The molecule has 78 valence electrons. The molecule has 2 aliphatic carbocycles. The summed E-state index contributed by atoms with van der Waals surface area (Å²) in [6.45, 7) is 8.84. The van der Waals surface area contributed by atoms with Crippen molar-refractivity contribution in [1.29, 1.82) is 0 Å². The van der Waals surface area contributed by atoms with Crippen LogP contribution in [0, 0.1) is 5.92 Å². The number of hydrogen-bond donors (Lipinski definition) is 0. The summed E-state index contributed by atoms with van der Waals surface area (Å²) in [5, 5.41) is 0. The van der Waals surface area contributed by atoms with Crippen LogP contribution in [-0.4, -0.2) is 0 Å². The first-order valence-electron chi connectivity index (χ1n) is 5.56. The lowest BCUT2D eigenvalue weighted by atomic mass is 9.85. The summed E-state index contributed by atoms with van der Waals surface area (Å²) in [4.78, 5) is 0. The Morgan fingerprint density at radius 2 is 1.67 bits per heavy atom. The maximum Gasteiger partial charge on any atom is -0.00419 e. The van der Waals surface area contributed by atoms with Gasteiger partial charge in [-0.25, -0.2) is 0 Å². The quantitative estimate of drug-likeness (QED) is 0.543. The summed E-state index contributed by atoms with van der Waals surface area (Å²) in [7, 11) is 0. The second-order valence-corrected chi connectivity index (χ2v) is 4.56. The van der Waals surface area contributed by atoms with E-state index in [4.69, 9.17) is 0 Å². The third-order valence-corrected chi connectivity index (χ3v) is 3.33. The minimum absolute atomic E-state index is 0.569. The summed E-state index contributed by atoms with van der Waals surface area (Å²) in [6.07, 6.45) is 11.3. The molecule has 2 rings (SSSR count). The molecule has 1 atom stereocenters. The van der Waals surface area contributed by atoms with E-state index in [1.807, 2.05) is 0 Å². The van der Waals surface area contributed by atoms with Gasteiger partial charge >= 0.3 is 0 Å². The average Bonchev–Trinajstić information content (AvgIpc) is 2.32. The van der Waals surface area contributed by atoms with Crippen molar-refractivity contribution < 1.29 is 0 Å². The van der Waals surface area contributed by atoms with Crippen LogP contribution in [0.2, 0.25) is 0 Å². The Hall–Kier alpha value is -1.30. The van der Waals surface area contributed by atoms with E-state index in [1.54, 1.807) is 0 Å². The predicted molar refractivity (Wildman–Crippen MR) is 66.6 cm³/mol. The molecule has 0 spiro atoms. The van der Waals surface area contributed by atoms with E-state index in [9.17, 15) is 0 Å². The molecule has 0 heterocycles. The lowest BCUT2D eigenvalue weighted by Crippen LogP contribution is -2.03. The van der Waals surface area contributed by atoms with Gasteiger partial charge in [-0.15, -0.1) is 0 Å². The zero-order valence-electron chi connectivity index (χ0n) is 9.96. The molecule has 0 bridgehead atoms. The number of allylic oxidation sites excluding steroid dienone is 10. The second kappa shape index (κ2) is 3.69. The Morgan fingerprint density at radius 3 is 2.40 bits per heavy atom. The van der Waals surface area contributed by atoms with Gasteiger partial charge in [0.15, 0.2) is 0 Å². The molecule has 0 saturated heterocycles. The highest BCUT2D eigenvalue weighted by molar-refractivity contribution is 5.59. The van der Waals surface area contributed by atoms with Gasteiger partial charge in [0, 0.05) is 0 Å². The summed E-state index contributed by atoms with van der Waals surface area (Å²) in [6, 6.07) is 0. The van der Waals surface area contributed by atoms with Gasteiger partial charge in [0.2, 0.25) is 0 Å². The molecule has 0 aromatic heterocycles. The first-order valence-corrected chi connectivity index (χ1v) is 5.56. The Labute approximate surface area is 92.4 Å². The SMILES string of the molecule is CC1=CC(C)=C2C=CC(C)C(C)=C2C=C1. The topological polar surface area (TPSA) is 0 Å². The molecule has 0 aliphatic heterocycles. The minimum atomic E-state index is 0.569. The Morgan fingerprint density at radius 1 is 0.933 bits per heavy atom. The maximum absolute atomic E-state index is 2.29. The van der Waals surface area contributed by atoms with Crippen LogP contribution >= 0.6 is 0 Å². The van der Waals surface area contributed by atoms with Gasteiger partial charge in [0.1, 0.15) is 0 Å². The molecule has 2 aliphatic rings. The van der Waals surface area contributed by atoms with Crippen LogP contribution in [0.5, 0.6) is 0 Å². The van der Waals surface area contributed by atoms with Crippen molar-refractivity contribution in [2.75, 3.05) is 0 Å². The molecule has 0 aromatic carbocycles. The Kier molecular flexibility index (Phi) is 2.52. The van der Waals surface area contributed by atoms with Crippen molar-refractivity contribution in [3.8, 4) is 0 Å². The molecule has 1 unspecified atom stereocenters. The van der Waals surface area contributed by atoms with Crippen molar-refractivity contribution in [3.63, 3.8) is 0 Å². The van der Waals surface area contributed by atoms with Crippen LogP contribution in [0.1, 0.15) is 27.7 Å². The molecule has 0 radical (unpaired) electrons. The fraction of sp³-hybridized carbons (Fsp3) is 0.333. The van der Waals surface area contributed by atoms with Gasteiger partial charge in [-0.1, -0.05) is 48.5 Å². The van der Waals surface area contributed by atoms with E-state index in [-0.39, 0.29) is 0 Å². The molecule has 0 saturated carbocycles. The van der Waals surface area contributed by atoms with Crippen LogP contribution in [0.3, 0.4) is 0 Å². The molecule has 15 heavy (non-hydrogen) atoms. The van der Waals surface area contributed by atoms with Crippen molar-refractivity contribution in [3.05, 3.63) is 58.2 Å². The van der Waals surface area contributed by atoms with Crippen molar-refractivity contribution in [2.45, 2.75) is 27.7 Å². The lowest BCUT2D eigenvalue weighted by Gasteiger charge is -2.20. The highest BCUT2D eigenvalue weighted by Gasteiger charge is 2.16. The lowest BCUT2D eigenvalue weighted by molar-refractivity contribution is 0.840. The summed E-state index contributed by atoms with van der Waals surface area (Å²) >= 11 is 0. The third-order valence-electron chi connectivity index (χ3n) is 3.33. The molecule has 0 fully saturated rings. The van der Waals surface area contributed by atoms with Crippen molar-refractivity contribution >= 4 is 0 Å². The predicted octanol–water partition coefficient (Wildman–Crippen LogP) is 4.34. The maximum atomic E-state index is 2.29. The van der Waals surface area contributed by atoms with E-state index in [1.165, 1.54) is 27.9 Å². The van der Waals surface area contributed by atoms with E-state index < -0.39 is 0 Å². The van der Waals surface area contributed by atoms with Crippen LogP contribution in [0.4, 0.5) is 0 Å². The van der Waals surface area contributed by atoms with Crippen LogP contribution in [0.25, 0.3) is 0 Å². The fourth-order valence-corrected chi connectivity index (χ4v) is 2.18. The number of rotatable bonds is 0. The van der Waals surface area contributed by atoms with Gasteiger partial charge < -0.3 is 0 Å². The van der Waals surface area contributed by atoms with Crippen LogP contribution in [0.15, 0.2) is 58.2 Å².